The average Bonchev–Trinajstić information content (AvgIpc) is 2.58. The number of halogens is 2. The predicted molar refractivity (Wildman–Crippen MR) is 93.1 cm³/mol. The van der Waals surface area contributed by atoms with E-state index >= 15 is 0 Å². The van der Waals surface area contributed by atoms with Crippen LogP contribution in [0.15, 0.2) is 17.3 Å². The molecule has 1 saturated carbocycles. The molecular weight excluding hydrogens is 339 g/mol. The Morgan fingerprint density at radius 2 is 1.87 bits per heavy atom. The van der Waals surface area contributed by atoms with E-state index in [1.165, 1.54) is 19.3 Å². The zero-order valence-electron chi connectivity index (χ0n) is 13.4. The molecule has 0 atom stereocenters. The van der Waals surface area contributed by atoms with Gasteiger partial charge in [0.05, 0.1) is 12.1 Å². The van der Waals surface area contributed by atoms with Gasteiger partial charge in [-0.3, -0.25) is 4.79 Å². The highest BCUT2D eigenvalue weighted by molar-refractivity contribution is 6.34. The lowest BCUT2D eigenvalue weighted by molar-refractivity contribution is -0.128. The number of hydrogen-bond donors (Lipinski definition) is 1. The van der Waals surface area contributed by atoms with Gasteiger partial charge in [0, 0.05) is 16.5 Å². The molecule has 0 aromatic heterocycles. The Morgan fingerprint density at radius 1 is 1.26 bits per heavy atom. The van der Waals surface area contributed by atoms with Gasteiger partial charge >= 0.3 is 6.47 Å². The summed E-state index contributed by atoms with van der Waals surface area (Å²) in [6, 6.07) is 3.47. The minimum atomic E-state index is 0.287. The van der Waals surface area contributed by atoms with Crippen LogP contribution in [0.5, 0.6) is 5.75 Å². The maximum atomic E-state index is 9.81. The van der Waals surface area contributed by atoms with Gasteiger partial charge in [0.2, 0.25) is 0 Å². The third-order valence-electron chi connectivity index (χ3n) is 3.72. The molecule has 2 rings (SSSR count). The Morgan fingerprint density at radius 3 is 2.39 bits per heavy atom. The third kappa shape index (κ3) is 6.28. The Balaban J connectivity index is 0.000000231. The molecule has 0 saturated heterocycles. The summed E-state index contributed by atoms with van der Waals surface area (Å²) in [5.41, 5.74) is 6.48. The first kappa shape index (κ1) is 19.6. The fraction of sp³-hybridized carbons (Fsp3) is 0.500. The number of hydrogen-bond acceptors (Lipinski definition) is 4. The fourth-order valence-corrected chi connectivity index (χ4v) is 2.87. The molecule has 1 aliphatic carbocycles. The van der Waals surface area contributed by atoms with Crippen molar-refractivity contribution in [2.45, 2.75) is 39.0 Å². The zero-order valence-corrected chi connectivity index (χ0v) is 14.9. The van der Waals surface area contributed by atoms with Crippen LogP contribution in [0.25, 0.3) is 0 Å². The molecule has 128 valence electrons. The third-order valence-corrected chi connectivity index (χ3v) is 4.43. The van der Waals surface area contributed by atoms with Crippen molar-refractivity contribution in [2.75, 3.05) is 7.11 Å². The summed E-state index contributed by atoms with van der Waals surface area (Å²) >= 11 is 11.6. The molecule has 1 aromatic carbocycles. The highest BCUT2D eigenvalue weighted by Gasteiger charge is 2.17. The molecule has 0 aliphatic heterocycles. The minimum Gasteiger partial charge on any atom is -0.495 e. The van der Waals surface area contributed by atoms with E-state index in [-0.39, 0.29) is 6.47 Å². The van der Waals surface area contributed by atoms with Crippen molar-refractivity contribution in [3.63, 3.8) is 0 Å². The lowest BCUT2D eigenvalue weighted by Crippen LogP contribution is -2.25. The Hall–Kier alpha value is -1.46. The minimum absolute atomic E-state index is 0.287. The summed E-state index contributed by atoms with van der Waals surface area (Å²) in [6.07, 6.45) is 5.80. The van der Waals surface area contributed by atoms with Gasteiger partial charge in [0.15, 0.2) is 0 Å². The Bertz CT molecular complexity index is 544. The molecule has 7 heteroatoms. The van der Waals surface area contributed by atoms with Gasteiger partial charge < -0.3 is 15.3 Å². The largest absolute Gasteiger partial charge is 0.495 e. The monoisotopic (exact) mass is 360 g/mol. The van der Waals surface area contributed by atoms with E-state index in [4.69, 9.17) is 33.7 Å². The lowest BCUT2D eigenvalue weighted by Gasteiger charge is -2.19. The fourth-order valence-electron chi connectivity index (χ4n) is 2.44. The van der Waals surface area contributed by atoms with E-state index in [0.29, 0.717) is 27.5 Å². The number of nitrogens with two attached hydrogens (primary N) is 1. The molecule has 1 aromatic rings. The average molecular weight is 361 g/mol. The second-order valence-electron chi connectivity index (χ2n) is 5.24. The topological polar surface area (TPSA) is 73.9 Å². The van der Waals surface area contributed by atoms with E-state index in [1.807, 2.05) is 6.92 Å². The molecule has 1 fully saturated rings. The molecule has 0 unspecified atom stereocenters. The van der Waals surface area contributed by atoms with Crippen LogP contribution >= 0.6 is 23.2 Å². The summed E-state index contributed by atoms with van der Waals surface area (Å²) < 4.78 is 5.04. The standard InChI is InChI=1S/C8H8Cl2O.C8H14N2O2/c1-5-6(9)3-4-7(10)8(5)11-2;9-8(10-12-6-11)7-4-2-1-3-5-7/h3-4H,1-2H3;6-7H,1-5H2,(H2,9,10). The highest BCUT2D eigenvalue weighted by Crippen LogP contribution is 2.32. The van der Waals surface area contributed by atoms with E-state index in [9.17, 15) is 4.79 Å². The molecule has 0 amide bonds. The van der Waals surface area contributed by atoms with Gasteiger partial charge in [-0.15, -0.1) is 0 Å². The summed E-state index contributed by atoms with van der Waals surface area (Å²) in [5.74, 6) is 1.43. The quantitative estimate of drug-likeness (QED) is 0.285. The molecule has 0 bridgehead atoms. The maximum Gasteiger partial charge on any atom is 0.323 e. The number of benzene rings is 1. The second kappa shape index (κ2) is 10.3. The predicted octanol–water partition coefficient (Wildman–Crippen LogP) is 4.32. The van der Waals surface area contributed by atoms with Crippen LogP contribution in [0.1, 0.15) is 37.7 Å². The van der Waals surface area contributed by atoms with Crippen LogP contribution in [-0.2, 0) is 9.63 Å². The molecular formula is C16H22Cl2N2O3. The number of carbonyl (C=O) groups is 1. The SMILES string of the molecule is COc1c(Cl)ccc(Cl)c1C.N/C(=N\OC=O)C1CCCCC1. The molecule has 1 aliphatic rings. The van der Waals surface area contributed by atoms with E-state index < -0.39 is 0 Å². The van der Waals surface area contributed by atoms with Crippen LogP contribution in [0.3, 0.4) is 0 Å². The number of oxime groups is 1. The summed E-state index contributed by atoms with van der Waals surface area (Å²) in [5, 5.41) is 4.76. The van der Waals surface area contributed by atoms with E-state index in [1.54, 1.807) is 19.2 Å². The molecule has 0 radical (unpaired) electrons. The first-order valence-corrected chi connectivity index (χ1v) is 8.18. The van der Waals surface area contributed by atoms with E-state index in [0.717, 1.165) is 18.4 Å². The van der Waals surface area contributed by atoms with Crippen molar-refractivity contribution in [1.82, 2.24) is 0 Å². The van der Waals surface area contributed by atoms with Crippen molar-refractivity contribution >= 4 is 35.5 Å². The summed E-state index contributed by atoms with van der Waals surface area (Å²) in [4.78, 5) is 14.0. The second-order valence-corrected chi connectivity index (χ2v) is 6.05. The van der Waals surface area contributed by atoms with Crippen LogP contribution in [0, 0.1) is 12.8 Å². The van der Waals surface area contributed by atoms with Crippen molar-refractivity contribution in [1.29, 1.82) is 0 Å². The zero-order chi connectivity index (χ0) is 17.2. The molecule has 2 N–H and O–H groups in total. The van der Waals surface area contributed by atoms with Crippen LogP contribution in [0.2, 0.25) is 10.0 Å². The number of nitrogens with zero attached hydrogens (tertiary/aromatic N) is 1. The maximum absolute atomic E-state index is 9.81. The smallest absolute Gasteiger partial charge is 0.323 e. The molecule has 5 nitrogen and oxygen atoms in total. The van der Waals surface area contributed by atoms with Gasteiger partial charge in [-0.2, -0.15) is 0 Å². The van der Waals surface area contributed by atoms with Crippen molar-refractivity contribution in [2.24, 2.45) is 16.8 Å². The number of carbonyl (C=O) groups excluding carboxylic acids is 1. The summed E-state index contributed by atoms with van der Waals surface area (Å²) in [7, 11) is 1.57. The van der Waals surface area contributed by atoms with Crippen molar-refractivity contribution in [3.8, 4) is 5.75 Å². The Kier molecular flexibility index (Phi) is 8.81. The van der Waals surface area contributed by atoms with Crippen LogP contribution in [0.4, 0.5) is 0 Å². The highest BCUT2D eigenvalue weighted by atomic mass is 35.5. The molecule has 0 spiro atoms. The van der Waals surface area contributed by atoms with Crippen LogP contribution in [-0.4, -0.2) is 19.4 Å². The van der Waals surface area contributed by atoms with Gasteiger partial charge in [-0.05, 0) is 31.9 Å². The molecule has 0 heterocycles. The lowest BCUT2D eigenvalue weighted by atomic mass is 9.89. The van der Waals surface area contributed by atoms with Crippen molar-refractivity contribution < 1.29 is 14.4 Å². The molecule has 23 heavy (non-hydrogen) atoms. The van der Waals surface area contributed by atoms with Crippen molar-refractivity contribution in [3.05, 3.63) is 27.7 Å². The first-order valence-electron chi connectivity index (χ1n) is 7.42. The van der Waals surface area contributed by atoms with Crippen LogP contribution < -0.4 is 10.5 Å². The normalized spacial score (nSPS) is 15.4. The number of rotatable bonds is 4. The number of ether oxygens (including phenoxy) is 1. The Labute approximate surface area is 146 Å². The van der Waals surface area contributed by atoms with Gasteiger partial charge in [-0.1, -0.05) is 47.6 Å². The van der Waals surface area contributed by atoms with Gasteiger partial charge in [0.1, 0.15) is 11.6 Å². The first-order chi connectivity index (χ1) is 11.0. The number of amidine groups is 1. The van der Waals surface area contributed by atoms with Gasteiger partial charge in [-0.25, -0.2) is 0 Å². The van der Waals surface area contributed by atoms with Gasteiger partial charge in [0.25, 0.3) is 0 Å². The van der Waals surface area contributed by atoms with E-state index in [2.05, 4.69) is 9.99 Å². The number of methoxy groups -OCH3 is 1. The summed E-state index contributed by atoms with van der Waals surface area (Å²) in [6.45, 7) is 2.16.